The van der Waals surface area contributed by atoms with Gasteiger partial charge in [0.05, 0.1) is 0 Å². The summed E-state index contributed by atoms with van der Waals surface area (Å²) in [6.07, 6.45) is 3.17. The zero-order valence-electron chi connectivity index (χ0n) is 12.0. The van der Waals surface area contributed by atoms with Crippen molar-refractivity contribution in [2.45, 2.75) is 39.2 Å². The first-order valence-electron chi connectivity index (χ1n) is 7.17. The number of ether oxygens (including phenoxy) is 1. The Morgan fingerprint density at radius 3 is 2.89 bits per heavy atom. The van der Waals surface area contributed by atoms with E-state index in [1.807, 2.05) is 12.1 Å². The van der Waals surface area contributed by atoms with Crippen LogP contribution in [0, 0.1) is 5.41 Å². The van der Waals surface area contributed by atoms with Gasteiger partial charge in [0.1, 0.15) is 11.9 Å². The maximum absolute atomic E-state index is 8.89. The quantitative estimate of drug-likeness (QED) is 0.793. The lowest BCUT2D eigenvalue weighted by molar-refractivity contribution is 0.205. The summed E-state index contributed by atoms with van der Waals surface area (Å²) in [6, 6.07) is 8.27. The molecule has 1 aliphatic rings. The van der Waals surface area contributed by atoms with Crippen LogP contribution in [-0.2, 0) is 6.42 Å². The monoisotopic (exact) mass is 263 g/mol. The maximum Gasteiger partial charge on any atom is 0.123 e. The van der Waals surface area contributed by atoms with E-state index in [1.165, 1.54) is 5.56 Å². The second-order valence-corrected chi connectivity index (χ2v) is 6.17. The van der Waals surface area contributed by atoms with Crippen LogP contribution in [0.5, 0.6) is 5.75 Å². The maximum atomic E-state index is 8.89. The van der Waals surface area contributed by atoms with E-state index in [-0.39, 0.29) is 18.1 Å². The molecule has 0 fully saturated rings. The van der Waals surface area contributed by atoms with Crippen LogP contribution >= 0.6 is 0 Å². The molecule has 0 spiro atoms. The molecule has 1 unspecified atom stereocenters. The second-order valence-electron chi connectivity index (χ2n) is 6.17. The molecule has 2 N–H and O–H groups in total. The van der Waals surface area contributed by atoms with Crippen molar-refractivity contribution in [1.82, 2.24) is 5.32 Å². The van der Waals surface area contributed by atoms with Crippen LogP contribution in [-0.4, -0.2) is 30.9 Å². The van der Waals surface area contributed by atoms with Gasteiger partial charge in [-0.1, -0.05) is 32.0 Å². The van der Waals surface area contributed by atoms with E-state index < -0.39 is 0 Å². The Kier molecular flexibility index (Phi) is 4.83. The minimum atomic E-state index is 0.230. The average molecular weight is 263 g/mol. The fraction of sp³-hybridized carbons (Fsp3) is 0.625. The van der Waals surface area contributed by atoms with Gasteiger partial charge in [0.15, 0.2) is 0 Å². The van der Waals surface area contributed by atoms with Crippen LogP contribution < -0.4 is 10.1 Å². The fourth-order valence-electron chi connectivity index (χ4n) is 2.59. The van der Waals surface area contributed by atoms with Gasteiger partial charge in [-0.2, -0.15) is 0 Å². The number of nitrogens with one attached hydrogen (secondary N) is 1. The van der Waals surface area contributed by atoms with E-state index in [2.05, 4.69) is 31.3 Å². The number of aliphatic hydroxyl groups is 1. The highest BCUT2D eigenvalue weighted by molar-refractivity contribution is 5.37. The number of fused-ring (bicyclic) bond motifs is 1. The minimum absolute atomic E-state index is 0.230. The first kappa shape index (κ1) is 14.4. The van der Waals surface area contributed by atoms with Crippen molar-refractivity contribution in [1.29, 1.82) is 0 Å². The van der Waals surface area contributed by atoms with E-state index in [4.69, 9.17) is 9.84 Å². The van der Waals surface area contributed by atoms with Gasteiger partial charge >= 0.3 is 0 Å². The Bertz CT molecular complexity index is 378. The number of aliphatic hydroxyl groups excluding tert-OH is 1. The van der Waals surface area contributed by atoms with Gasteiger partial charge in [0, 0.05) is 26.1 Å². The molecule has 2 rings (SSSR count). The summed E-state index contributed by atoms with van der Waals surface area (Å²) in [4.78, 5) is 0. The zero-order valence-corrected chi connectivity index (χ0v) is 12.0. The molecule has 0 saturated carbocycles. The molecular formula is C16H25NO2. The molecule has 3 heteroatoms. The van der Waals surface area contributed by atoms with E-state index in [0.717, 1.165) is 38.1 Å². The van der Waals surface area contributed by atoms with Gasteiger partial charge in [0.25, 0.3) is 0 Å². The highest BCUT2D eigenvalue weighted by Crippen LogP contribution is 2.28. The minimum Gasteiger partial charge on any atom is -0.488 e. The second kappa shape index (κ2) is 6.40. The molecule has 19 heavy (non-hydrogen) atoms. The summed E-state index contributed by atoms with van der Waals surface area (Å²) in [7, 11) is 0. The van der Waals surface area contributed by atoms with Crippen molar-refractivity contribution < 1.29 is 9.84 Å². The summed E-state index contributed by atoms with van der Waals surface area (Å²) in [5.41, 5.74) is 1.54. The molecule has 1 aliphatic heterocycles. The molecule has 1 heterocycles. The third kappa shape index (κ3) is 4.22. The van der Waals surface area contributed by atoms with Crippen LogP contribution in [0.25, 0.3) is 0 Å². The topological polar surface area (TPSA) is 41.5 Å². The molecule has 1 aromatic carbocycles. The third-order valence-electron chi connectivity index (χ3n) is 3.70. The first-order chi connectivity index (χ1) is 9.11. The molecular weight excluding hydrogens is 238 g/mol. The van der Waals surface area contributed by atoms with Gasteiger partial charge in [0.2, 0.25) is 0 Å². The van der Waals surface area contributed by atoms with Crippen LogP contribution in [0.2, 0.25) is 0 Å². The summed E-state index contributed by atoms with van der Waals surface area (Å²) in [6.45, 7) is 6.60. The van der Waals surface area contributed by atoms with Gasteiger partial charge in [-0.25, -0.2) is 0 Å². The van der Waals surface area contributed by atoms with E-state index in [9.17, 15) is 0 Å². The van der Waals surface area contributed by atoms with Crippen molar-refractivity contribution in [3.63, 3.8) is 0 Å². The molecule has 3 nitrogen and oxygen atoms in total. The molecule has 0 aliphatic carbocycles. The highest BCUT2D eigenvalue weighted by atomic mass is 16.5. The molecule has 0 aromatic heterocycles. The molecule has 1 atom stereocenters. The van der Waals surface area contributed by atoms with Gasteiger partial charge in [-0.05, 0) is 29.9 Å². The number of hydrogen-bond acceptors (Lipinski definition) is 3. The predicted molar refractivity (Wildman–Crippen MR) is 77.5 cm³/mol. The first-order valence-corrected chi connectivity index (χ1v) is 7.17. The van der Waals surface area contributed by atoms with Crippen LogP contribution in [0.4, 0.5) is 0 Å². The van der Waals surface area contributed by atoms with Crippen molar-refractivity contribution in [2.24, 2.45) is 5.41 Å². The molecule has 0 saturated heterocycles. The highest BCUT2D eigenvalue weighted by Gasteiger charge is 2.23. The Morgan fingerprint density at radius 1 is 1.37 bits per heavy atom. The van der Waals surface area contributed by atoms with Crippen molar-refractivity contribution >= 4 is 0 Å². The Labute approximate surface area is 116 Å². The number of para-hydroxylation sites is 1. The number of benzene rings is 1. The molecule has 106 valence electrons. The van der Waals surface area contributed by atoms with Crippen LogP contribution in [0.1, 0.15) is 32.3 Å². The average Bonchev–Trinajstić information content (AvgIpc) is 2.78. The van der Waals surface area contributed by atoms with Gasteiger partial charge < -0.3 is 15.2 Å². The standard InChI is InChI=1S/C16H25NO2/c1-16(2,8-5-9-18)12-17-11-14-10-13-6-3-4-7-15(13)19-14/h3-4,6-7,14,17-18H,5,8-12H2,1-2H3. The Hall–Kier alpha value is -1.06. The summed E-state index contributed by atoms with van der Waals surface area (Å²) in [5, 5.41) is 12.4. The predicted octanol–water partition coefficient (Wildman–Crippen LogP) is 2.38. The number of rotatable bonds is 7. The van der Waals surface area contributed by atoms with Gasteiger partial charge in [-0.3, -0.25) is 0 Å². The SMILES string of the molecule is CC(C)(CCCO)CNCC1Cc2ccccc2O1. The fourth-order valence-corrected chi connectivity index (χ4v) is 2.59. The zero-order chi connectivity index (χ0) is 13.7. The lowest BCUT2D eigenvalue weighted by Gasteiger charge is -2.25. The van der Waals surface area contributed by atoms with E-state index in [0.29, 0.717) is 0 Å². The smallest absolute Gasteiger partial charge is 0.123 e. The van der Waals surface area contributed by atoms with Crippen molar-refractivity contribution in [3.05, 3.63) is 29.8 Å². The third-order valence-corrected chi connectivity index (χ3v) is 3.70. The van der Waals surface area contributed by atoms with Crippen molar-refractivity contribution in [2.75, 3.05) is 19.7 Å². The lowest BCUT2D eigenvalue weighted by atomic mass is 9.88. The summed E-state index contributed by atoms with van der Waals surface area (Å²) >= 11 is 0. The van der Waals surface area contributed by atoms with Crippen LogP contribution in [0.3, 0.4) is 0 Å². The summed E-state index contributed by atoms with van der Waals surface area (Å²) < 4.78 is 5.90. The van der Waals surface area contributed by atoms with Crippen molar-refractivity contribution in [3.8, 4) is 5.75 Å². The van der Waals surface area contributed by atoms with Gasteiger partial charge in [-0.15, -0.1) is 0 Å². The van der Waals surface area contributed by atoms with E-state index in [1.54, 1.807) is 0 Å². The van der Waals surface area contributed by atoms with Crippen LogP contribution in [0.15, 0.2) is 24.3 Å². The van der Waals surface area contributed by atoms with E-state index >= 15 is 0 Å². The molecule has 1 aromatic rings. The normalized spacial score (nSPS) is 18.2. The largest absolute Gasteiger partial charge is 0.488 e. The number of hydrogen-bond donors (Lipinski definition) is 2. The lowest BCUT2D eigenvalue weighted by Crippen LogP contribution is -2.36. The summed E-state index contributed by atoms with van der Waals surface area (Å²) in [5.74, 6) is 1.04. The molecule has 0 amide bonds. The Balaban J connectivity index is 1.71. The Morgan fingerprint density at radius 2 is 2.16 bits per heavy atom. The molecule has 0 radical (unpaired) electrons. The molecule has 0 bridgehead atoms.